The van der Waals surface area contributed by atoms with E-state index >= 15 is 0 Å². The molecule has 0 unspecified atom stereocenters. The second-order valence-corrected chi connectivity index (χ2v) is 14.6. The number of benzene rings is 8. The van der Waals surface area contributed by atoms with Gasteiger partial charge in [0.1, 0.15) is 28.2 Å². The van der Waals surface area contributed by atoms with Gasteiger partial charge in [-0.05, 0) is 60.2 Å². The average Bonchev–Trinajstić information content (AvgIpc) is 4.01. The topological polar surface area (TPSA) is 82.8 Å². The minimum absolute atomic E-state index is 0.556. The molecule has 0 saturated heterocycles. The molecule has 59 heavy (non-hydrogen) atoms. The predicted octanol–water partition coefficient (Wildman–Crippen LogP) is 13.3. The third-order valence-electron chi connectivity index (χ3n) is 11.1. The summed E-state index contributed by atoms with van der Waals surface area (Å²) in [6, 6.07) is 63.8. The Morgan fingerprint density at radius 1 is 0.373 bits per heavy atom. The Balaban J connectivity index is 1.01. The molecule has 276 valence electrons. The Morgan fingerprint density at radius 3 is 1.83 bits per heavy atom. The molecule has 0 N–H and O–H groups in total. The van der Waals surface area contributed by atoms with Gasteiger partial charge < -0.3 is 8.83 Å². The van der Waals surface area contributed by atoms with Crippen molar-refractivity contribution in [2.24, 2.45) is 0 Å². The first-order valence-corrected chi connectivity index (χ1v) is 19.5. The lowest BCUT2D eigenvalue weighted by molar-refractivity contribution is 0.669. The fourth-order valence-corrected chi connectivity index (χ4v) is 8.33. The number of nitrogens with zero attached hydrogens (tertiary/aromatic N) is 5. The fourth-order valence-electron chi connectivity index (χ4n) is 8.33. The van der Waals surface area contributed by atoms with Gasteiger partial charge in [0.05, 0.1) is 11.0 Å². The lowest BCUT2D eigenvalue weighted by atomic mass is 10.0. The lowest BCUT2D eigenvalue weighted by Gasteiger charge is -2.10. The van der Waals surface area contributed by atoms with E-state index in [4.69, 9.17) is 28.8 Å². The predicted molar refractivity (Wildman–Crippen MR) is 236 cm³/mol. The standard InChI is InChI=1S/C52H31N5O2/c1-3-13-33(14-4-1)49-54-50(34-27-25-32(26-28-34)37-18-11-19-39-38-17-7-10-23-44(38)59-48(37)39)56-51(55-49)40-20-12-24-46-47(40)41-31-35(29-30-45(41)58-46)52-53-42-21-8-9-22-43(42)57(52)36-15-5-2-6-16-36/h1-31H. The summed E-state index contributed by atoms with van der Waals surface area (Å²) in [6.45, 7) is 0. The molecule has 0 atom stereocenters. The monoisotopic (exact) mass is 757 g/mol. The molecule has 0 radical (unpaired) electrons. The van der Waals surface area contributed by atoms with Crippen LogP contribution < -0.4 is 0 Å². The molecule has 0 spiro atoms. The van der Waals surface area contributed by atoms with Crippen LogP contribution in [0.15, 0.2) is 197 Å². The zero-order valence-electron chi connectivity index (χ0n) is 31.5. The molecule has 0 saturated carbocycles. The van der Waals surface area contributed by atoms with Crippen LogP contribution in [0.5, 0.6) is 0 Å². The molecule has 12 rings (SSSR count). The third-order valence-corrected chi connectivity index (χ3v) is 11.1. The Labute approximate surface area is 337 Å². The summed E-state index contributed by atoms with van der Waals surface area (Å²) < 4.78 is 15.1. The molecular weight excluding hydrogens is 727 g/mol. The van der Waals surface area contributed by atoms with Crippen LogP contribution in [0.3, 0.4) is 0 Å². The van der Waals surface area contributed by atoms with Gasteiger partial charge in [0.2, 0.25) is 0 Å². The Bertz CT molecular complexity index is 3550. The Morgan fingerprint density at radius 2 is 0.983 bits per heavy atom. The summed E-state index contributed by atoms with van der Waals surface area (Å²) >= 11 is 0. The molecule has 0 aliphatic carbocycles. The van der Waals surface area contributed by atoms with Crippen molar-refractivity contribution in [1.29, 1.82) is 0 Å². The summed E-state index contributed by atoms with van der Waals surface area (Å²) in [5, 5.41) is 4.08. The summed E-state index contributed by atoms with van der Waals surface area (Å²) in [4.78, 5) is 20.5. The second-order valence-electron chi connectivity index (χ2n) is 14.6. The van der Waals surface area contributed by atoms with E-state index in [1.54, 1.807) is 0 Å². The molecule has 0 aliphatic heterocycles. The van der Waals surface area contributed by atoms with Crippen LogP contribution in [-0.2, 0) is 0 Å². The number of aromatic nitrogens is 5. The molecule has 4 aromatic heterocycles. The number of fused-ring (bicyclic) bond motifs is 7. The molecule has 0 aliphatic rings. The van der Waals surface area contributed by atoms with Gasteiger partial charge in [0.15, 0.2) is 17.5 Å². The Hall–Kier alpha value is -8.16. The highest BCUT2D eigenvalue weighted by Crippen LogP contribution is 2.40. The van der Waals surface area contributed by atoms with E-state index in [-0.39, 0.29) is 0 Å². The zero-order chi connectivity index (χ0) is 38.9. The smallest absolute Gasteiger partial charge is 0.164 e. The van der Waals surface area contributed by atoms with Crippen molar-refractivity contribution in [3.8, 4) is 62.4 Å². The molecule has 12 aromatic rings. The fraction of sp³-hybridized carbons (Fsp3) is 0. The normalized spacial score (nSPS) is 11.7. The molecule has 0 fully saturated rings. The minimum Gasteiger partial charge on any atom is -0.456 e. The van der Waals surface area contributed by atoms with Gasteiger partial charge in [-0.25, -0.2) is 19.9 Å². The molecule has 8 aromatic carbocycles. The number of imidazole rings is 1. The first-order chi connectivity index (χ1) is 29.2. The van der Waals surface area contributed by atoms with Gasteiger partial charge in [0.25, 0.3) is 0 Å². The first-order valence-electron chi connectivity index (χ1n) is 19.5. The van der Waals surface area contributed by atoms with Gasteiger partial charge >= 0.3 is 0 Å². The van der Waals surface area contributed by atoms with E-state index in [9.17, 15) is 0 Å². The van der Waals surface area contributed by atoms with Gasteiger partial charge in [-0.15, -0.1) is 0 Å². The number of rotatable bonds is 6. The zero-order valence-corrected chi connectivity index (χ0v) is 31.5. The lowest BCUT2D eigenvalue weighted by Crippen LogP contribution is -2.00. The summed E-state index contributed by atoms with van der Waals surface area (Å²) in [5.41, 5.74) is 11.9. The van der Waals surface area contributed by atoms with Gasteiger partial charge in [-0.2, -0.15) is 0 Å². The summed E-state index contributed by atoms with van der Waals surface area (Å²) in [5.74, 6) is 2.56. The first kappa shape index (κ1) is 33.0. The maximum atomic E-state index is 6.51. The van der Waals surface area contributed by atoms with Crippen molar-refractivity contribution in [2.45, 2.75) is 0 Å². The van der Waals surface area contributed by atoms with Crippen LogP contribution in [-0.4, -0.2) is 24.5 Å². The highest BCUT2D eigenvalue weighted by molar-refractivity contribution is 6.13. The quantitative estimate of drug-likeness (QED) is 0.168. The highest BCUT2D eigenvalue weighted by atomic mass is 16.3. The van der Waals surface area contributed by atoms with Crippen LogP contribution in [0.2, 0.25) is 0 Å². The average molecular weight is 758 g/mol. The number of hydrogen-bond donors (Lipinski definition) is 0. The van der Waals surface area contributed by atoms with Crippen LogP contribution in [0.25, 0.3) is 117 Å². The van der Waals surface area contributed by atoms with E-state index in [1.807, 2.05) is 78.9 Å². The van der Waals surface area contributed by atoms with Crippen molar-refractivity contribution < 1.29 is 8.83 Å². The third kappa shape index (κ3) is 5.44. The van der Waals surface area contributed by atoms with Crippen molar-refractivity contribution in [2.75, 3.05) is 0 Å². The van der Waals surface area contributed by atoms with Crippen LogP contribution in [0, 0.1) is 0 Å². The number of hydrogen-bond acceptors (Lipinski definition) is 6. The molecule has 7 heteroatoms. The van der Waals surface area contributed by atoms with Gasteiger partial charge in [-0.1, -0.05) is 133 Å². The molecular formula is C52H31N5O2. The minimum atomic E-state index is 0.556. The summed E-state index contributed by atoms with van der Waals surface area (Å²) in [7, 11) is 0. The van der Waals surface area contributed by atoms with Crippen molar-refractivity contribution in [1.82, 2.24) is 24.5 Å². The molecule has 0 amide bonds. The van der Waals surface area contributed by atoms with Crippen molar-refractivity contribution >= 4 is 54.9 Å². The molecule has 4 heterocycles. The number of para-hydroxylation sites is 5. The Kier molecular flexibility index (Phi) is 7.40. The van der Waals surface area contributed by atoms with E-state index in [2.05, 4.69) is 114 Å². The van der Waals surface area contributed by atoms with Crippen LogP contribution in [0.1, 0.15) is 0 Å². The number of furan rings is 2. The second kappa shape index (κ2) is 13.2. The SMILES string of the molecule is c1ccc(-c2nc(-c3ccc(-c4cccc5c4oc4ccccc45)cc3)nc(-c3cccc4oc5ccc(-c6nc7ccccc7n6-c6ccccc6)cc5c34)n2)cc1. The van der Waals surface area contributed by atoms with E-state index < -0.39 is 0 Å². The van der Waals surface area contributed by atoms with Gasteiger partial charge in [0, 0.05) is 55.0 Å². The van der Waals surface area contributed by atoms with Crippen LogP contribution >= 0.6 is 0 Å². The maximum absolute atomic E-state index is 6.51. The molecule has 0 bridgehead atoms. The van der Waals surface area contributed by atoms with E-state index in [0.717, 1.165) is 99.8 Å². The largest absolute Gasteiger partial charge is 0.456 e. The summed E-state index contributed by atoms with van der Waals surface area (Å²) in [6.07, 6.45) is 0. The van der Waals surface area contributed by atoms with Crippen molar-refractivity contribution in [3.05, 3.63) is 188 Å². The van der Waals surface area contributed by atoms with Crippen molar-refractivity contribution in [3.63, 3.8) is 0 Å². The molecule has 7 nitrogen and oxygen atoms in total. The van der Waals surface area contributed by atoms with Gasteiger partial charge in [-0.3, -0.25) is 4.57 Å². The van der Waals surface area contributed by atoms with E-state index in [1.165, 1.54) is 0 Å². The van der Waals surface area contributed by atoms with E-state index in [0.29, 0.717) is 17.5 Å². The van der Waals surface area contributed by atoms with Crippen LogP contribution in [0.4, 0.5) is 0 Å². The maximum Gasteiger partial charge on any atom is 0.164 e. The highest BCUT2D eigenvalue weighted by Gasteiger charge is 2.21.